The van der Waals surface area contributed by atoms with E-state index < -0.39 is 11.5 Å². The Hall–Kier alpha value is -2.11. The summed E-state index contributed by atoms with van der Waals surface area (Å²) < 4.78 is 18.0. The van der Waals surface area contributed by atoms with Gasteiger partial charge in [-0.15, -0.1) is 0 Å². The van der Waals surface area contributed by atoms with E-state index in [1.165, 1.54) is 19.2 Å². The molecule has 1 atom stereocenters. The molecule has 0 saturated heterocycles. The van der Waals surface area contributed by atoms with E-state index in [4.69, 9.17) is 10.3 Å². The molecule has 0 radical (unpaired) electrons. The van der Waals surface area contributed by atoms with Crippen molar-refractivity contribution in [3.8, 4) is 0 Å². The highest BCUT2D eigenvalue weighted by Crippen LogP contribution is 2.16. The monoisotopic (exact) mass is 280 g/mol. The zero-order valence-corrected chi connectivity index (χ0v) is 11.5. The summed E-state index contributed by atoms with van der Waals surface area (Å²) in [4.78, 5) is 14.5. The first-order valence-electron chi connectivity index (χ1n) is 6.10. The highest BCUT2D eigenvalue weighted by Gasteiger charge is 2.33. The SMILES string of the molecule is COC(=O)C(C)(Cc1cccc(F)c1)NCCN=[N+]=[N-]. The summed E-state index contributed by atoms with van der Waals surface area (Å²) in [6.07, 6.45) is 0.272. The number of methoxy groups -OCH3 is 1. The lowest BCUT2D eigenvalue weighted by atomic mass is 9.92. The Morgan fingerprint density at radius 1 is 1.60 bits per heavy atom. The lowest BCUT2D eigenvalue weighted by Crippen LogP contribution is -2.52. The highest BCUT2D eigenvalue weighted by molar-refractivity contribution is 5.80. The van der Waals surface area contributed by atoms with Crippen LogP contribution in [0.4, 0.5) is 4.39 Å². The number of hydrogen-bond acceptors (Lipinski definition) is 4. The fourth-order valence-electron chi connectivity index (χ4n) is 1.91. The highest BCUT2D eigenvalue weighted by atomic mass is 19.1. The largest absolute Gasteiger partial charge is 0.468 e. The van der Waals surface area contributed by atoms with Crippen LogP contribution in [0.3, 0.4) is 0 Å². The summed E-state index contributed by atoms with van der Waals surface area (Å²) in [7, 11) is 1.29. The van der Waals surface area contributed by atoms with Gasteiger partial charge in [-0.25, -0.2) is 4.39 Å². The first kappa shape index (κ1) is 15.9. The van der Waals surface area contributed by atoms with Crippen molar-refractivity contribution in [2.75, 3.05) is 20.2 Å². The van der Waals surface area contributed by atoms with E-state index in [9.17, 15) is 9.18 Å². The third kappa shape index (κ3) is 4.53. The van der Waals surface area contributed by atoms with Gasteiger partial charge in [0.2, 0.25) is 0 Å². The van der Waals surface area contributed by atoms with Crippen LogP contribution in [0.15, 0.2) is 29.4 Å². The number of rotatable bonds is 7. The standard InChI is InChI=1S/C13H17FN4O2/c1-13(12(19)20-2,16-6-7-17-18-15)9-10-4-3-5-11(14)8-10/h3-5,8,16H,6-7,9H2,1-2H3. The number of benzene rings is 1. The van der Waals surface area contributed by atoms with Crippen molar-refractivity contribution in [2.45, 2.75) is 18.9 Å². The summed E-state index contributed by atoms with van der Waals surface area (Å²) in [6, 6.07) is 6.03. The van der Waals surface area contributed by atoms with Crippen LogP contribution >= 0.6 is 0 Å². The van der Waals surface area contributed by atoms with E-state index in [1.54, 1.807) is 19.1 Å². The van der Waals surface area contributed by atoms with Crippen molar-refractivity contribution >= 4 is 5.97 Å². The van der Waals surface area contributed by atoms with Crippen LogP contribution in [0, 0.1) is 5.82 Å². The first-order valence-corrected chi connectivity index (χ1v) is 6.10. The Morgan fingerprint density at radius 2 is 2.35 bits per heavy atom. The molecule has 1 aromatic carbocycles. The van der Waals surface area contributed by atoms with Gasteiger partial charge >= 0.3 is 5.97 Å². The Kier molecular flexibility index (Phi) is 5.96. The molecule has 20 heavy (non-hydrogen) atoms. The van der Waals surface area contributed by atoms with Gasteiger partial charge in [0.25, 0.3) is 0 Å². The molecule has 7 heteroatoms. The molecule has 0 fully saturated rings. The van der Waals surface area contributed by atoms with Crippen LogP contribution in [0.2, 0.25) is 0 Å². The van der Waals surface area contributed by atoms with Crippen LogP contribution < -0.4 is 5.32 Å². The van der Waals surface area contributed by atoms with Crippen molar-refractivity contribution in [3.05, 3.63) is 46.1 Å². The van der Waals surface area contributed by atoms with Gasteiger partial charge in [0, 0.05) is 24.4 Å². The molecule has 1 N–H and O–H groups in total. The molecule has 108 valence electrons. The molecule has 0 bridgehead atoms. The van der Waals surface area contributed by atoms with Gasteiger partial charge in [0.1, 0.15) is 11.4 Å². The van der Waals surface area contributed by atoms with Gasteiger partial charge in [-0.2, -0.15) is 0 Å². The number of carbonyl (C=O) groups excluding carboxylic acids is 1. The van der Waals surface area contributed by atoms with E-state index in [2.05, 4.69) is 15.3 Å². The second-order valence-electron chi connectivity index (χ2n) is 4.51. The average molecular weight is 280 g/mol. The normalized spacial score (nSPS) is 13.2. The summed E-state index contributed by atoms with van der Waals surface area (Å²) in [5.41, 5.74) is 7.88. The predicted octanol–water partition coefficient (Wildman–Crippen LogP) is 2.20. The quantitative estimate of drug-likeness (QED) is 0.273. The van der Waals surface area contributed by atoms with Crippen LogP contribution in [-0.2, 0) is 16.0 Å². The minimum absolute atomic E-state index is 0.215. The number of nitrogens with one attached hydrogen (secondary N) is 1. The molecule has 0 aromatic heterocycles. The molecule has 0 saturated carbocycles. The minimum Gasteiger partial charge on any atom is -0.468 e. The van der Waals surface area contributed by atoms with E-state index in [-0.39, 0.29) is 18.8 Å². The smallest absolute Gasteiger partial charge is 0.326 e. The van der Waals surface area contributed by atoms with Crippen molar-refractivity contribution in [3.63, 3.8) is 0 Å². The number of nitrogens with zero attached hydrogens (tertiary/aromatic N) is 3. The third-order valence-electron chi connectivity index (χ3n) is 2.87. The second kappa shape index (κ2) is 7.47. The molecule has 0 aliphatic carbocycles. The Bertz CT molecular complexity index is 517. The van der Waals surface area contributed by atoms with E-state index >= 15 is 0 Å². The van der Waals surface area contributed by atoms with Crippen molar-refractivity contribution in [2.24, 2.45) is 5.11 Å². The summed E-state index contributed by atoms with van der Waals surface area (Å²) in [5, 5.41) is 6.37. The summed E-state index contributed by atoms with van der Waals surface area (Å²) >= 11 is 0. The third-order valence-corrected chi connectivity index (χ3v) is 2.87. The Morgan fingerprint density at radius 3 is 2.95 bits per heavy atom. The fourth-order valence-corrected chi connectivity index (χ4v) is 1.91. The molecule has 0 amide bonds. The van der Waals surface area contributed by atoms with Crippen molar-refractivity contribution in [1.29, 1.82) is 0 Å². The van der Waals surface area contributed by atoms with Crippen LogP contribution in [0.25, 0.3) is 10.4 Å². The lowest BCUT2D eigenvalue weighted by molar-refractivity contribution is -0.147. The van der Waals surface area contributed by atoms with Crippen LogP contribution in [-0.4, -0.2) is 31.7 Å². The van der Waals surface area contributed by atoms with E-state index in [0.717, 1.165) is 0 Å². The Labute approximate surface area is 116 Å². The average Bonchev–Trinajstić information content (AvgIpc) is 2.42. The van der Waals surface area contributed by atoms with Gasteiger partial charge in [-0.05, 0) is 30.2 Å². The lowest BCUT2D eigenvalue weighted by Gasteiger charge is -2.28. The molecule has 0 spiro atoms. The number of halogens is 1. The molecule has 0 aliphatic rings. The second-order valence-corrected chi connectivity index (χ2v) is 4.51. The number of carbonyl (C=O) groups is 1. The van der Waals surface area contributed by atoms with Gasteiger partial charge in [-0.1, -0.05) is 17.2 Å². The maximum absolute atomic E-state index is 13.2. The molecule has 0 aliphatic heterocycles. The molecule has 1 aromatic rings. The van der Waals surface area contributed by atoms with Crippen molar-refractivity contribution in [1.82, 2.24) is 5.32 Å². The molecular formula is C13H17FN4O2. The topological polar surface area (TPSA) is 87.1 Å². The van der Waals surface area contributed by atoms with Gasteiger partial charge in [0.05, 0.1) is 7.11 Å². The fraction of sp³-hybridized carbons (Fsp3) is 0.462. The van der Waals surface area contributed by atoms with E-state index in [0.29, 0.717) is 12.1 Å². The number of esters is 1. The molecule has 1 unspecified atom stereocenters. The zero-order chi connectivity index (χ0) is 15.0. The zero-order valence-electron chi connectivity index (χ0n) is 11.5. The maximum Gasteiger partial charge on any atom is 0.326 e. The maximum atomic E-state index is 13.2. The summed E-state index contributed by atoms with van der Waals surface area (Å²) in [6.45, 7) is 2.21. The minimum atomic E-state index is -1.01. The van der Waals surface area contributed by atoms with Gasteiger partial charge in [-0.3, -0.25) is 4.79 Å². The molecule has 1 rings (SSSR count). The molecule has 0 heterocycles. The first-order chi connectivity index (χ1) is 9.51. The predicted molar refractivity (Wildman–Crippen MR) is 72.5 cm³/mol. The van der Waals surface area contributed by atoms with Crippen molar-refractivity contribution < 1.29 is 13.9 Å². The molecular weight excluding hydrogens is 263 g/mol. The van der Waals surface area contributed by atoms with E-state index in [1.807, 2.05) is 0 Å². The number of azide groups is 1. The number of ether oxygens (including phenoxy) is 1. The summed E-state index contributed by atoms with van der Waals surface area (Å²) in [5.74, 6) is -0.813. The molecule has 6 nitrogen and oxygen atoms in total. The number of hydrogen-bond donors (Lipinski definition) is 1. The Balaban J connectivity index is 2.82. The van der Waals surface area contributed by atoms with Gasteiger partial charge in [0.15, 0.2) is 0 Å². The van der Waals surface area contributed by atoms with Crippen LogP contribution in [0.1, 0.15) is 12.5 Å². The van der Waals surface area contributed by atoms with Gasteiger partial charge < -0.3 is 10.1 Å². The van der Waals surface area contributed by atoms with Crippen LogP contribution in [0.5, 0.6) is 0 Å².